The number of anilines is 1. The molecule has 0 amide bonds. The molecule has 0 spiro atoms. The average Bonchev–Trinajstić information content (AvgIpc) is 2.90. The number of alkyl halides is 3. The highest BCUT2D eigenvalue weighted by Crippen LogP contribution is 2.32. The Kier molecular flexibility index (Phi) is 7.00. The van der Waals surface area contributed by atoms with Gasteiger partial charge in [0.25, 0.3) is 0 Å². The Hall–Kier alpha value is -2.01. The van der Waals surface area contributed by atoms with Crippen molar-refractivity contribution in [2.75, 3.05) is 5.32 Å². The molecule has 150 valence electrons. The summed E-state index contributed by atoms with van der Waals surface area (Å²) in [6.07, 6.45) is 4.97. The molecule has 2 heterocycles. The molecule has 0 radical (unpaired) electrons. The predicted molar refractivity (Wildman–Crippen MR) is 104 cm³/mol. The van der Waals surface area contributed by atoms with Gasteiger partial charge in [-0.1, -0.05) is 25.7 Å². The molecule has 3 rings (SSSR count). The van der Waals surface area contributed by atoms with Crippen molar-refractivity contribution in [3.8, 4) is 0 Å². The van der Waals surface area contributed by atoms with Crippen LogP contribution in [-0.2, 0) is 6.18 Å². The van der Waals surface area contributed by atoms with Crippen LogP contribution in [0.5, 0.6) is 0 Å². The van der Waals surface area contributed by atoms with E-state index in [2.05, 4.69) is 30.6 Å². The van der Waals surface area contributed by atoms with Crippen molar-refractivity contribution in [3.05, 3.63) is 30.2 Å². The summed E-state index contributed by atoms with van der Waals surface area (Å²) in [5.74, 6) is -0.209. The lowest BCUT2D eigenvalue weighted by Crippen LogP contribution is -2.38. The number of nitrogens with one attached hydrogen (secondary N) is 2. The molecule has 0 unspecified atom stereocenters. The van der Waals surface area contributed by atoms with Gasteiger partial charge in [0, 0.05) is 24.5 Å². The van der Waals surface area contributed by atoms with Crippen LogP contribution >= 0.6 is 24.0 Å². The van der Waals surface area contributed by atoms with E-state index >= 15 is 0 Å². The van der Waals surface area contributed by atoms with Crippen molar-refractivity contribution in [1.29, 1.82) is 0 Å². The zero-order chi connectivity index (χ0) is 20.0. The molecule has 2 N–H and O–H groups in total. The summed E-state index contributed by atoms with van der Waals surface area (Å²) in [7, 11) is 0. The van der Waals surface area contributed by atoms with Crippen LogP contribution in [0.25, 0.3) is 0 Å². The summed E-state index contributed by atoms with van der Waals surface area (Å²) < 4.78 is 39.7. The highest BCUT2D eigenvalue weighted by molar-refractivity contribution is 7.99. The topological polar surface area (TPSA) is 75.6 Å². The van der Waals surface area contributed by atoms with Gasteiger partial charge in [-0.15, -0.1) is 0 Å². The van der Waals surface area contributed by atoms with Crippen LogP contribution in [-0.4, -0.2) is 31.1 Å². The van der Waals surface area contributed by atoms with Crippen LogP contribution in [0.2, 0.25) is 0 Å². The number of hydrogen-bond donors (Lipinski definition) is 2. The number of aromatic nitrogens is 4. The summed E-state index contributed by atoms with van der Waals surface area (Å²) in [6.45, 7) is 0. The number of halogens is 3. The van der Waals surface area contributed by atoms with E-state index < -0.39 is 11.9 Å². The minimum atomic E-state index is -4.61. The average molecular weight is 429 g/mol. The Bertz CT molecular complexity index is 795. The molecule has 1 fully saturated rings. The molecule has 2 aromatic heterocycles. The molecule has 28 heavy (non-hydrogen) atoms. The fourth-order valence-corrected chi connectivity index (χ4v) is 3.83. The van der Waals surface area contributed by atoms with Gasteiger partial charge in [0.2, 0.25) is 5.95 Å². The molecule has 1 saturated carbocycles. The van der Waals surface area contributed by atoms with Crippen LogP contribution < -0.4 is 10.6 Å². The lowest BCUT2D eigenvalue weighted by atomic mass is 10.1. The lowest BCUT2D eigenvalue weighted by molar-refractivity contribution is -0.141. The quantitative estimate of drug-likeness (QED) is 0.320. The summed E-state index contributed by atoms with van der Waals surface area (Å²) in [5.41, 5.74) is -1.05. The Labute approximate surface area is 170 Å². The van der Waals surface area contributed by atoms with E-state index in [-0.39, 0.29) is 22.1 Å². The minimum absolute atomic E-state index is 0.0771. The number of rotatable bonds is 4. The van der Waals surface area contributed by atoms with Crippen molar-refractivity contribution >= 4 is 35.0 Å². The molecule has 11 heteroatoms. The molecular formula is C17H19F3N6S2. The molecule has 1 aliphatic rings. The molecule has 0 atom stereocenters. The third kappa shape index (κ3) is 6.26. The molecule has 6 nitrogen and oxygen atoms in total. The maximum atomic E-state index is 13.2. The Morgan fingerprint density at radius 2 is 1.75 bits per heavy atom. The third-order valence-electron chi connectivity index (χ3n) is 4.15. The maximum absolute atomic E-state index is 13.2. The van der Waals surface area contributed by atoms with E-state index in [4.69, 9.17) is 12.2 Å². The van der Waals surface area contributed by atoms with Gasteiger partial charge in [-0.2, -0.15) is 13.2 Å². The van der Waals surface area contributed by atoms with Gasteiger partial charge in [0.15, 0.2) is 16.0 Å². The second-order valence-corrected chi connectivity index (χ2v) is 7.73. The van der Waals surface area contributed by atoms with Crippen molar-refractivity contribution in [3.63, 3.8) is 0 Å². The molecule has 0 bridgehead atoms. The smallest absolute Gasteiger partial charge is 0.360 e. The summed E-state index contributed by atoms with van der Waals surface area (Å²) in [5, 5.41) is 6.44. The van der Waals surface area contributed by atoms with Crippen molar-refractivity contribution < 1.29 is 13.2 Å². The SMILES string of the molecule is FC(F)(F)c1cc(Sc2ncccn2)nc(NC(=S)NC2CCCCCC2)n1. The number of nitrogens with zero attached hydrogens (tertiary/aromatic N) is 4. The Balaban J connectivity index is 1.75. The monoisotopic (exact) mass is 428 g/mol. The van der Waals surface area contributed by atoms with Gasteiger partial charge in [-0.05, 0) is 42.9 Å². The predicted octanol–water partition coefficient (Wildman–Crippen LogP) is 4.45. The number of hydrogen-bond acceptors (Lipinski definition) is 6. The standard InChI is InChI=1S/C17H19F3N6S2/c18-17(19,20)12-10-13(28-16-21-8-5-9-22-16)25-14(24-12)26-15(27)23-11-6-3-1-2-4-7-11/h5,8-11H,1-4,6-7H2,(H2,23,24,25,26,27). The van der Waals surface area contributed by atoms with Gasteiger partial charge < -0.3 is 10.6 Å². The fraction of sp³-hybridized carbons (Fsp3) is 0.471. The first-order chi connectivity index (χ1) is 13.4. The summed E-state index contributed by atoms with van der Waals surface area (Å²) in [4.78, 5) is 15.7. The summed E-state index contributed by atoms with van der Waals surface area (Å²) in [6, 6.07) is 2.70. The van der Waals surface area contributed by atoms with Crippen molar-refractivity contribution in [2.24, 2.45) is 0 Å². The van der Waals surface area contributed by atoms with Gasteiger partial charge >= 0.3 is 6.18 Å². The van der Waals surface area contributed by atoms with Crippen LogP contribution in [0.4, 0.5) is 19.1 Å². The first-order valence-electron chi connectivity index (χ1n) is 8.89. The Morgan fingerprint density at radius 3 is 2.39 bits per heavy atom. The molecule has 1 aliphatic carbocycles. The van der Waals surface area contributed by atoms with Gasteiger partial charge in [-0.3, -0.25) is 0 Å². The van der Waals surface area contributed by atoms with Crippen molar-refractivity contribution in [1.82, 2.24) is 25.3 Å². The largest absolute Gasteiger partial charge is 0.433 e. The Morgan fingerprint density at radius 1 is 1.07 bits per heavy atom. The first-order valence-corrected chi connectivity index (χ1v) is 10.1. The zero-order valence-electron chi connectivity index (χ0n) is 14.9. The highest BCUT2D eigenvalue weighted by Gasteiger charge is 2.34. The van der Waals surface area contributed by atoms with E-state index in [1.54, 1.807) is 6.07 Å². The van der Waals surface area contributed by atoms with E-state index in [1.807, 2.05) is 0 Å². The van der Waals surface area contributed by atoms with E-state index in [9.17, 15) is 13.2 Å². The number of thiocarbonyl (C=S) groups is 1. The second kappa shape index (κ2) is 9.46. The zero-order valence-corrected chi connectivity index (χ0v) is 16.5. The minimum Gasteiger partial charge on any atom is -0.360 e. The lowest BCUT2D eigenvalue weighted by Gasteiger charge is -2.19. The molecule has 0 saturated heterocycles. The van der Waals surface area contributed by atoms with Crippen LogP contribution in [0.1, 0.15) is 44.2 Å². The van der Waals surface area contributed by atoms with Gasteiger partial charge in [0.1, 0.15) is 5.03 Å². The highest BCUT2D eigenvalue weighted by atomic mass is 32.2. The molecule has 0 aliphatic heterocycles. The van der Waals surface area contributed by atoms with Crippen LogP contribution in [0.3, 0.4) is 0 Å². The maximum Gasteiger partial charge on any atom is 0.433 e. The van der Waals surface area contributed by atoms with Crippen LogP contribution in [0, 0.1) is 0 Å². The first kappa shape index (κ1) is 20.7. The van der Waals surface area contributed by atoms with Crippen LogP contribution in [0.15, 0.2) is 34.7 Å². The summed E-state index contributed by atoms with van der Waals surface area (Å²) >= 11 is 6.18. The third-order valence-corrected chi connectivity index (χ3v) is 5.18. The van der Waals surface area contributed by atoms with E-state index in [1.165, 1.54) is 25.2 Å². The molecule has 2 aromatic rings. The molecular weight excluding hydrogens is 409 g/mol. The van der Waals surface area contributed by atoms with Gasteiger partial charge in [-0.25, -0.2) is 19.9 Å². The van der Waals surface area contributed by atoms with E-state index in [0.29, 0.717) is 5.16 Å². The van der Waals surface area contributed by atoms with Crippen molar-refractivity contribution in [2.45, 2.75) is 60.9 Å². The van der Waals surface area contributed by atoms with Gasteiger partial charge in [0.05, 0.1) is 0 Å². The van der Waals surface area contributed by atoms with E-state index in [0.717, 1.165) is 43.5 Å². The molecule has 0 aromatic carbocycles. The second-order valence-electron chi connectivity index (χ2n) is 6.33. The fourth-order valence-electron chi connectivity index (χ4n) is 2.86. The normalized spacial score (nSPS) is 15.7.